The van der Waals surface area contributed by atoms with Gasteiger partial charge in [-0.2, -0.15) is 8.42 Å². The molecule has 0 aromatic heterocycles. The summed E-state index contributed by atoms with van der Waals surface area (Å²) >= 11 is 25.0. The average Bonchev–Trinajstić information content (AvgIpc) is 2.64. The summed E-state index contributed by atoms with van der Waals surface area (Å²) in [6.45, 7) is 0. The molecule has 0 aliphatic carbocycles. The van der Waals surface area contributed by atoms with Crippen molar-refractivity contribution in [1.29, 1.82) is 0 Å². The van der Waals surface area contributed by atoms with Crippen LogP contribution in [0.3, 0.4) is 0 Å². The lowest BCUT2D eigenvalue weighted by Gasteiger charge is -2.35. The second-order valence-electron chi connectivity index (χ2n) is 6.05. The van der Waals surface area contributed by atoms with Crippen LogP contribution in [0, 0.1) is 0 Å². The maximum atomic E-state index is 13.0. The van der Waals surface area contributed by atoms with Crippen LogP contribution in [0.25, 0.3) is 0 Å². The molecule has 5 nitrogen and oxygen atoms in total. The highest BCUT2D eigenvalue weighted by atomic mass is 35.5. The van der Waals surface area contributed by atoms with Gasteiger partial charge < -0.3 is 10.2 Å². The van der Waals surface area contributed by atoms with Gasteiger partial charge in [0.15, 0.2) is 16.2 Å². The first-order valence-electron chi connectivity index (χ1n) is 7.90. The van der Waals surface area contributed by atoms with Gasteiger partial charge in [-0.3, -0.25) is 4.55 Å². The van der Waals surface area contributed by atoms with Crippen LogP contribution in [-0.4, -0.2) is 23.2 Å². The Bertz CT molecular complexity index is 1210. The van der Waals surface area contributed by atoms with E-state index in [9.17, 15) is 23.2 Å². The van der Waals surface area contributed by atoms with Gasteiger partial charge in [0, 0.05) is 31.8 Å². The van der Waals surface area contributed by atoms with Crippen molar-refractivity contribution in [2.75, 3.05) is 0 Å². The van der Waals surface area contributed by atoms with Crippen molar-refractivity contribution in [1.82, 2.24) is 0 Å². The molecule has 3 N–H and O–H groups in total. The normalized spacial score (nSPS) is 13.8. The molecule has 29 heavy (non-hydrogen) atoms. The summed E-state index contributed by atoms with van der Waals surface area (Å²) in [4.78, 5) is 0. The third kappa shape index (κ3) is 3.54. The molecular formula is C19H12Cl4O5S. The minimum absolute atomic E-state index is 0.0695. The largest absolute Gasteiger partial charge is 0.504 e. The van der Waals surface area contributed by atoms with Gasteiger partial charge in [-0.1, -0.05) is 64.6 Å². The van der Waals surface area contributed by atoms with Crippen molar-refractivity contribution in [2.45, 2.75) is 4.75 Å². The van der Waals surface area contributed by atoms with E-state index in [-0.39, 0.29) is 31.2 Å². The summed E-state index contributed by atoms with van der Waals surface area (Å²) in [7, 11) is -5.19. The molecule has 0 aliphatic heterocycles. The third-order valence-electron chi connectivity index (χ3n) is 4.41. The van der Waals surface area contributed by atoms with Crippen LogP contribution in [-0.2, 0) is 14.9 Å². The van der Waals surface area contributed by atoms with Crippen LogP contribution in [0.1, 0.15) is 16.7 Å². The molecule has 0 saturated carbocycles. The summed E-state index contributed by atoms with van der Waals surface area (Å²) in [6, 6.07) is 11.9. The van der Waals surface area contributed by atoms with Crippen molar-refractivity contribution in [3.63, 3.8) is 0 Å². The van der Waals surface area contributed by atoms with E-state index in [2.05, 4.69) is 0 Å². The summed E-state index contributed by atoms with van der Waals surface area (Å²) in [5.41, 5.74) is -0.903. The smallest absolute Gasteiger partial charge is 0.283 e. The highest BCUT2D eigenvalue weighted by Crippen LogP contribution is 2.54. The molecule has 0 bridgehead atoms. The van der Waals surface area contributed by atoms with Crippen LogP contribution < -0.4 is 0 Å². The van der Waals surface area contributed by atoms with E-state index >= 15 is 0 Å². The Morgan fingerprint density at radius 2 is 1.34 bits per heavy atom. The van der Waals surface area contributed by atoms with Crippen LogP contribution >= 0.6 is 46.4 Å². The zero-order valence-electron chi connectivity index (χ0n) is 14.3. The van der Waals surface area contributed by atoms with Crippen LogP contribution in [0.4, 0.5) is 0 Å². The number of hydrogen-bond acceptors (Lipinski definition) is 4. The molecule has 0 spiro atoms. The Kier molecular flexibility index (Phi) is 5.98. The predicted molar refractivity (Wildman–Crippen MR) is 114 cm³/mol. The van der Waals surface area contributed by atoms with E-state index in [0.29, 0.717) is 0 Å². The molecule has 1 unspecified atom stereocenters. The summed E-state index contributed by atoms with van der Waals surface area (Å²) in [6.07, 6.45) is 0. The van der Waals surface area contributed by atoms with Gasteiger partial charge >= 0.3 is 0 Å². The Balaban J connectivity index is 2.71. The molecule has 3 rings (SSSR count). The average molecular weight is 494 g/mol. The van der Waals surface area contributed by atoms with E-state index in [0.717, 1.165) is 6.07 Å². The zero-order chi connectivity index (χ0) is 21.6. The molecule has 3 aromatic rings. The number of rotatable bonds is 4. The molecule has 0 saturated heterocycles. The Hall–Kier alpha value is -1.67. The van der Waals surface area contributed by atoms with E-state index in [1.807, 2.05) is 0 Å². The second kappa shape index (κ2) is 7.87. The number of hydrogen-bond donors (Lipinski definition) is 3. The van der Waals surface area contributed by atoms with Gasteiger partial charge in [-0.25, -0.2) is 0 Å². The molecule has 0 amide bonds. The molecule has 0 heterocycles. The van der Waals surface area contributed by atoms with Crippen molar-refractivity contribution >= 4 is 56.5 Å². The SMILES string of the molecule is O=S(=O)(O)C(c1ccccc1Cl)(c1cc(Cl)ccc1Cl)c1c(Cl)ccc(O)c1O. The maximum absolute atomic E-state index is 13.0. The topological polar surface area (TPSA) is 94.8 Å². The minimum atomic E-state index is -5.19. The van der Waals surface area contributed by atoms with Crippen molar-refractivity contribution < 1.29 is 23.2 Å². The fourth-order valence-corrected chi connectivity index (χ4v) is 5.76. The van der Waals surface area contributed by atoms with Gasteiger partial charge in [-0.15, -0.1) is 0 Å². The van der Waals surface area contributed by atoms with Gasteiger partial charge in [0.2, 0.25) is 0 Å². The van der Waals surface area contributed by atoms with Gasteiger partial charge in [0.05, 0.1) is 5.02 Å². The van der Waals surface area contributed by atoms with Crippen LogP contribution in [0.5, 0.6) is 11.5 Å². The molecule has 152 valence electrons. The maximum Gasteiger partial charge on any atom is 0.283 e. The fourth-order valence-electron chi connectivity index (χ4n) is 3.23. The number of phenolic OH excluding ortho intramolecular Hbond substituents is 2. The van der Waals surface area contributed by atoms with Crippen molar-refractivity contribution in [3.05, 3.63) is 91.4 Å². The van der Waals surface area contributed by atoms with E-state index < -0.39 is 31.9 Å². The number of phenols is 2. The molecule has 0 radical (unpaired) electrons. The number of benzene rings is 3. The van der Waals surface area contributed by atoms with Gasteiger partial charge in [0.1, 0.15) is 0 Å². The second-order valence-corrected chi connectivity index (χ2v) is 9.27. The monoisotopic (exact) mass is 492 g/mol. The minimum Gasteiger partial charge on any atom is -0.504 e. The van der Waals surface area contributed by atoms with Gasteiger partial charge in [0.25, 0.3) is 10.1 Å². The van der Waals surface area contributed by atoms with E-state index in [1.54, 1.807) is 6.07 Å². The lowest BCUT2D eigenvalue weighted by atomic mass is 9.83. The van der Waals surface area contributed by atoms with Crippen LogP contribution in [0.15, 0.2) is 54.6 Å². The number of halogens is 4. The van der Waals surface area contributed by atoms with Gasteiger partial charge in [-0.05, 0) is 36.4 Å². The zero-order valence-corrected chi connectivity index (χ0v) is 18.1. The summed E-state index contributed by atoms with van der Waals surface area (Å²) in [5, 5.41) is 20.3. The molecule has 10 heteroatoms. The highest BCUT2D eigenvalue weighted by Gasteiger charge is 2.54. The number of aromatic hydroxyl groups is 2. The fraction of sp³-hybridized carbons (Fsp3) is 0.0526. The lowest BCUT2D eigenvalue weighted by molar-refractivity contribution is 0.394. The van der Waals surface area contributed by atoms with E-state index in [4.69, 9.17) is 46.4 Å². The molecule has 1 atom stereocenters. The predicted octanol–water partition coefficient (Wildman–Crippen LogP) is 5.89. The lowest BCUT2D eigenvalue weighted by Crippen LogP contribution is -2.39. The van der Waals surface area contributed by atoms with Crippen molar-refractivity contribution in [2.24, 2.45) is 0 Å². The Morgan fingerprint density at radius 3 is 1.97 bits per heavy atom. The third-order valence-corrected chi connectivity index (χ3v) is 7.03. The summed E-state index contributed by atoms with van der Waals surface area (Å²) in [5.74, 6) is -1.53. The molecular weight excluding hydrogens is 482 g/mol. The molecule has 3 aromatic carbocycles. The summed E-state index contributed by atoms with van der Waals surface area (Å²) < 4.78 is 34.0. The first kappa shape index (κ1) is 22.0. The van der Waals surface area contributed by atoms with Crippen LogP contribution in [0.2, 0.25) is 20.1 Å². The van der Waals surface area contributed by atoms with Crippen molar-refractivity contribution in [3.8, 4) is 11.5 Å². The highest BCUT2D eigenvalue weighted by molar-refractivity contribution is 7.87. The molecule has 0 aliphatic rings. The first-order valence-corrected chi connectivity index (χ1v) is 10.9. The Morgan fingerprint density at radius 1 is 0.759 bits per heavy atom. The van der Waals surface area contributed by atoms with E-state index in [1.165, 1.54) is 42.5 Å². The first-order chi connectivity index (χ1) is 13.5. The molecule has 0 fully saturated rings. The standard InChI is InChI=1S/C19H12Cl4O5S/c20-10-5-6-14(22)12(9-10)19(29(26,27)28,11-3-1-2-4-13(11)21)17-15(23)7-8-16(24)18(17)25/h1-9,24-25H,(H,26,27,28). The quantitative estimate of drug-likeness (QED) is 0.239. The Labute approximate surface area is 186 Å².